The van der Waals surface area contributed by atoms with Gasteiger partial charge in [-0.05, 0) is 63.7 Å². The first-order valence-electron chi connectivity index (χ1n) is 7.27. The number of nitrogens with two attached hydrogens (primary N) is 1. The van der Waals surface area contributed by atoms with Crippen LogP contribution in [0.4, 0.5) is 0 Å². The fraction of sp³-hybridized carbons (Fsp3) is 0.533. The van der Waals surface area contributed by atoms with Crippen LogP contribution in [-0.2, 0) is 0 Å². The SMILES string of the molecule is CNC(/C=C\N)N(C(=O)c1cccs1)C1CCN(C)CC1. The first-order chi connectivity index (χ1) is 10.2. The van der Waals surface area contributed by atoms with Gasteiger partial charge in [0.05, 0.1) is 4.88 Å². The Morgan fingerprint density at radius 3 is 2.81 bits per heavy atom. The Balaban J connectivity index is 2.23. The van der Waals surface area contributed by atoms with Crippen molar-refractivity contribution in [2.45, 2.75) is 25.0 Å². The predicted molar refractivity (Wildman–Crippen MR) is 87.2 cm³/mol. The lowest BCUT2D eigenvalue weighted by atomic mass is 10.0. The summed E-state index contributed by atoms with van der Waals surface area (Å²) < 4.78 is 0. The standard InChI is InChI=1S/C15H24N4OS/c1-17-14(5-8-16)19(12-6-9-18(2)10-7-12)15(20)13-4-3-11-21-13/h3-5,8,11-12,14,17H,6-7,9-10,16H2,1-2H3/b8-5-. The molecule has 2 heterocycles. The van der Waals surface area contributed by atoms with E-state index >= 15 is 0 Å². The van der Waals surface area contributed by atoms with E-state index in [2.05, 4.69) is 17.3 Å². The number of nitrogens with one attached hydrogen (secondary N) is 1. The highest BCUT2D eigenvalue weighted by molar-refractivity contribution is 7.12. The minimum atomic E-state index is -0.169. The van der Waals surface area contributed by atoms with Gasteiger partial charge in [-0.1, -0.05) is 6.07 Å². The van der Waals surface area contributed by atoms with Gasteiger partial charge in [-0.3, -0.25) is 10.1 Å². The molecular weight excluding hydrogens is 284 g/mol. The van der Waals surface area contributed by atoms with Gasteiger partial charge in [0, 0.05) is 6.04 Å². The van der Waals surface area contributed by atoms with Crippen molar-refractivity contribution in [3.63, 3.8) is 0 Å². The van der Waals surface area contributed by atoms with Crippen molar-refractivity contribution in [2.24, 2.45) is 5.73 Å². The zero-order valence-electron chi connectivity index (χ0n) is 12.7. The average Bonchev–Trinajstić information content (AvgIpc) is 3.02. The summed E-state index contributed by atoms with van der Waals surface area (Å²) in [7, 11) is 3.98. The molecule has 1 aliphatic rings. The quantitative estimate of drug-likeness (QED) is 0.805. The van der Waals surface area contributed by atoms with Crippen molar-refractivity contribution >= 4 is 17.2 Å². The molecule has 0 aliphatic carbocycles. The van der Waals surface area contributed by atoms with Crippen LogP contribution in [0.25, 0.3) is 0 Å². The van der Waals surface area contributed by atoms with Crippen molar-refractivity contribution in [1.29, 1.82) is 0 Å². The number of piperidine rings is 1. The lowest BCUT2D eigenvalue weighted by Gasteiger charge is -2.40. The summed E-state index contributed by atoms with van der Waals surface area (Å²) in [5.41, 5.74) is 5.55. The largest absolute Gasteiger partial charge is 0.405 e. The van der Waals surface area contributed by atoms with Gasteiger partial charge in [-0.15, -0.1) is 11.3 Å². The summed E-state index contributed by atoms with van der Waals surface area (Å²) in [4.78, 5) is 17.9. The lowest BCUT2D eigenvalue weighted by molar-refractivity contribution is 0.0490. The van der Waals surface area contributed by atoms with E-state index < -0.39 is 0 Å². The normalized spacial score (nSPS) is 19.0. The summed E-state index contributed by atoms with van der Waals surface area (Å²) in [5.74, 6) is 0.0806. The molecule has 3 N–H and O–H groups in total. The molecule has 1 atom stereocenters. The number of amides is 1. The van der Waals surface area contributed by atoms with Gasteiger partial charge < -0.3 is 15.5 Å². The first kappa shape index (κ1) is 16.0. The van der Waals surface area contributed by atoms with Gasteiger partial charge in [-0.25, -0.2) is 0 Å². The Labute approximate surface area is 130 Å². The van der Waals surface area contributed by atoms with E-state index in [-0.39, 0.29) is 18.1 Å². The number of nitrogens with zero attached hydrogens (tertiary/aromatic N) is 2. The molecule has 21 heavy (non-hydrogen) atoms. The maximum atomic E-state index is 12.9. The van der Waals surface area contributed by atoms with E-state index in [9.17, 15) is 4.79 Å². The van der Waals surface area contributed by atoms with Gasteiger partial charge in [0.25, 0.3) is 5.91 Å². The third kappa shape index (κ3) is 3.84. The molecule has 1 aromatic heterocycles. The highest BCUT2D eigenvalue weighted by Crippen LogP contribution is 2.22. The lowest BCUT2D eigenvalue weighted by Crippen LogP contribution is -2.54. The van der Waals surface area contributed by atoms with Gasteiger partial charge in [0.15, 0.2) is 0 Å². The molecule has 1 fully saturated rings. The molecule has 2 rings (SSSR count). The van der Waals surface area contributed by atoms with Crippen LogP contribution in [0.3, 0.4) is 0 Å². The highest BCUT2D eigenvalue weighted by atomic mass is 32.1. The maximum absolute atomic E-state index is 12.9. The van der Waals surface area contributed by atoms with Crippen molar-refractivity contribution < 1.29 is 4.79 Å². The number of rotatable bonds is 5. The molecule has 116 valence electrons. The zero-order chi connectivity index (χ0) is 15.2. The third-order valence-electron chi connectivity index (χ3n) is 3.94. The van der Waals surface area contributed by atoms with E-state index in [4.69, 9.17) is 5.73 Å². The van der Waals surface area contributed by atoms with E-state index in [1.54, 1.807) is 0 Å². The second kappa shape index (κ2) is 7.59. The Kier molecular flexibility index (Phi) is 5.78. The minimum Gasteiger partial charge on any atom is -0.405 e. The van der Waals surface area contributed by atoms with Crippen LogP contribution >= 0.6 is 11.3 Å². The van der Waals surface area contributed by atoms with Crippen LogP contribution in [0, 0.1) is 0 Å². The molecule has 0 aromatic carbocycles. The van der Waals surface area contributed by atoms with Crippen molar-refractivity contribution in [3.05, 3.63) is 34.7 Å². The summed E-state index contributed by atoms with van der Waals surface area (Å²) in [5, 5.41) is 5.12. The summed E-state index contributed by atoms with van der Waals surface area (Å²) >= 11 is 1.49. The van der Waals surface area contributed by atoms with Crippen LogP contribution in [0.15, 0.2) is 29.8 Å². The Bertz CT molecular complexity index is 466. The topological polar surface area (TPSA) is 61.6 Å². The molecule has 1 unspecified atom stereocenters. The molecule has 0 bridgehead atoms. The van der Waals surface area contributed by atoms with Gasteiger partial charge in [0.2, 0.25) is 0 Å². The van der Waals surface area contributed by atoms with Gasteiger partial charge >= 0.3 is 0 Å². The number of thiophene rings is 1. The Morgan fingerprint density at radius 1 is 1.57 bits per heavy atom. The number of likely N-dealkylation sites (N-methyl/N-ethyl adjacent to an activating group) is 1. The second-order valence-electron chi connectivity index (χ2n) is 5.34. The van der Waals surface area contributed by atoms with E-state index in [1.165, 1.54) is 17.5 Å². The molecule has 1 aromatic rings. The van der Waals surface area contributed by atoms with Crippen LogP contribution < -0.4 is 11.1 Å². The molecule has 0 saturated carbocycles. The fourth-order valence-corrected chi connectivity index (χ4v) is 3.42. The third-order valence-corrected chi connectivity index (χ3v) is 4.79. The molecule has 0 radical (unpaired) electrons. The van der Waals surface area contributed by atoms with Crippen LogP contribution in [0.2, 0.25) is 0 Å². The zero-order valence-corrected chi connectivity index (χ0v) is 13.5. The van der Waals surface area contributed by atoms with Crippen molar-refractivity contribution in [2.75, 3.05) is 27.2 Å². The first-order valence-corrected chi connectivity index (χ1v) is 8.15. The van der Waals surface area contributed by atoms with Crippen molar-refractivity contribution in [3.8, 4) is 0 Å². The van der Waals surface area contributed by atoms with E-state index in [1.807, 2.05) is 35.5 Å². The van der Waals surface area contributed by atoms with Gasteiger partial charge in [0.1, 0.15) is 6.17 Å². The highest BCUT2D eigenvalue weighted by Gasteiger charge is 2.31. The van der Waals surface area contributed by atoms with Crippen LogP contribution in [0.1, 0.15) is 22.5 Å². The number of hydrogen-bond acceptors (Lipinski definition) is 5. The van der Waals surface area contributed by atoms with Gasteiger partial charge in [-0.2, -0.15) is 0 Å². The smallest absolute Gasteiger partial charge is 0.265 e. The summed E-state index contributed by atoms with van der Waals surface area (Å²) in [6.45, 7) is 2.03. The molecule has 6 heteroatoms. The van der Waals surface area contributed by atoms with Crippen molar-refractivity contribution in [1.82, 2.24) is 15.1 Å². The predicted octanol–water partition coefficient (Wildman–Crippen LogP) is 1.30. The Hall–Kier alpha value is -1.37. The van der Waals surface area contributed by atoms with E-state index in [0.717, 1.165) is 30.8 Å². The summed E-state index contributed by atoms with van der Waals surface area (Å²) in [6.07, 6.45) is 5.15. The Morgan fingerprint density at radius 2 is 2.29 bits per heavy atom. The monoisotopic (exact) mass is 308 g/mol. The molecule has 5 nitrogen and oxygen atoms in total. The number of likely N-dealkylation sites (tertiary alicyclic amines) is 1. The average molecular weight is 308 g/mol. The number of hydrogen-bond donors (Lipinski definition) is 2. The van der Waals surface area contributed by atoms with Crippen LogP contribution in [0.5, 0.6) is 0 Å². The summed E-state index contributed by atoms with van der Waals surface area (Å²) in [6, 6.07) is 4.04. The second-order valence-corrected chi connectivity index (χ2v) is 6.29. The molecule has 1 aliphatic heterocycles. The molecular formula is C15H24N4OS. The minimum absolute atomic E-state index is 0.0806. The number of carbonyl (C=O) groups excluding carboxylic acids is 1. The van der Waals surface area contributed by atoms with E-state index in [0.29, 0.717) is 0 Å². The molecule has 1 saturated heterocycles. The molecule has 0 spiro atoms. The molecule has 1 amide bonds. The fourth-order valence-electron chi connectivity index (χ4n) is 2.75. The van der Waals surface area contributed by atoms with Crippen LogP contribution in [-0.4, -0.2) is 55.1 Å². The maximum Gasteiger partial charge on any atom is 0.265 e. The number of carbonyl (C=O) groups is 1.